The normalized spacial score (nSPS) is 13.1. The number of benzene rings is 2. The van der Waals surface area contributed by atoms with Gasteiger partial charge in [0.1, 0.15) is 6.04 Å². The second-order valence-corrected chi connectivity index (χ2v) is 7.78. The number of hydrogen-bond acceptors (Lipinski definition) is 5. The summed E-state index contributed by atoms with van der Waals surface area (Å²) in [5.74, 6) is -1.58. The number of allylic oxidation sites excluding steroid dienone is 1. The molecule has 0 fully saturated rings. The Kier molecular flexibility index (Phi) is 7.75. The van der Waals surface area contributed by atoms with Crippen LogP contribution in [-0.2, 0) is 11.2 Å². The summed E-state index contributed by atoms with van der Waals surface area (Å²) in [5, 5.41) is 22.4. The molecule has 32 heavy (non-hydrogen) atoms. The fraction of sp³-hybridized carbons (Fsp3) is 0.217. The van der Waals surface area contributed by atoms with Gasteiger partial charge in [-0.25, -0.2) is 0 Å². The van der Waals surface area contributed by atoms with Gasteiger partial charge in [-0.3, -0.25) is 9.59 Å². The minimum atomic E-state index is -1.13. The molecule has 0 spiro atoms. The van der Waals surface area contributed by atoms with E-state index < -0.39 is 24.0 Å². The van der Waals surface area contributed by atoms with Crippen LogP contribution in [0, 0.1) is 0 Å². The molecule has 8 nitrogen and oxygen atoms in total. The number of carbonyl (C=O) groups is 2. The standard InChI is InChI=1S/C23H24ClN5O3/c1-2-3-15-8-9-17(24)11-19(15)16-6-4-14(5-7-16)10-18(12-20(25)23(31)32)27-22(30)21-13-26-29-28-21/h2-9,11,13,18,20H,10,12,25H2,1H3,(H,27,30)(H,31,32)(H,26,28,29). The van der Waals surface area contributed by atoms with Crippen molar-refractivity contribution in [1.29, 1.82) is 0 Å². The number of nitrogens with zero attached hydrogens (tertiary/aromatic N) is 2. The van der Waals surface area contributed by atoms with Crippen molar-refractivity contribution in [2.75, 3.05) is 0 Å². The molecule has 1 aromatic heterocycles. The second kappa shape index (κ2) is 10.7. The molecule has 2 atom stereocenters. The van der Waals surface area contributed by atoms with E-state index in [9.17, 15) is 14.7 Å². The number of carboxylic acids is 1. The van der Waals surface area contributed by atoms with Crippen LogP contribution in [0.25, 0.3) is 17.2 Å². The van der Waals surface area contributed by atoms with Gasteiger partial charge >= 0.3 is 5.97 Å². The molecule has 2 aromatic carbocycles. The summed E-state index contributed by atoms with van der Waals surface area (Å²) in [5.41, 5.74) is 9.81. The van der Waals surface area contributed by atoms with E-state index >= 15 is 0 Å². The molecule has 5 N–H and O–H groups in total. The van der Waals surface area contributed by atoms with Gasteiger partial charge in [-0.15, -0.1) is 0 Å². The number of aliphatic carboxylic acids is 1. The maximum atomic E-state index is 12.4. The highest BCUT2D eigenvalue weighted by molar-refractivity contribution is 6.31. The number of H-pyrrole nitrogens is 1. The van der Waals surface area contributed by atoms with Crippen LogP contribution in [0.3, 0.4) is 0 Å². The Bertz CT molecular complexity index is 1100. The summed E-state index contributed by atoms with van der Waals surface area (Å²) in [4.78, 5) is 23.6. The number of amides is 1. The number of halogens is 1. The maximum absolute atomic E-state index is 12.4. The van der Waals surface area contributed by atoms with Crippen LogP contribution >= 0.6 is 11.6 Å². The molecule has 0 bridgehead atoms. The highest BCUT2D eigenvalue weighted by Crippen LogP contribution is 2.28. The number of carboxylic acid groups (broad SMARTS) is 1. The van der Waals surface area contributed by atoms with Gasteiger partial charge in [-0.2, -0.15) is 15.4 Å². The van der Waals surface area contributed by atoms with Crippen LogP contribution in [0.4, 0.5) is 0 Å². The van der Waals surface area contributed by atoms with Gasteiger partial charge in [0.15, 0.2) is 5.69 Å². The van der Waals surface area contributed by atoms with Crippen LogP contribution in [-0.4, -0.2) is 44.5 Å². The smallest absolute Gasteiger partial charge is 0.320 e. The van der Waals surface area contributed by atoms with E-state index in [1.54, 1.807) is 0 Å². The Balaban J connectivity index is 1.80. The number of rotatable bonds is 9. The molecular formula is C23H24ClN5O3. The molecule has 3 rings (SSSR count). The Morgan fingerprint density at radius 1 is 1.25 bits per heavy atom. The van der Waals surface area contributed by atoms with Crippen LogP contribution < -0.4 is 11.1 Å². The van der Waals surface area contributed by atoms with Crippen LogP contribution in [0.2, 0.25) is 5.02 Å². The number of nitrogens with one attached hydrogen (secondary N) is 2. The zero-order valence-corrected chi connectivity index (χ0v) is 18.2. The van der Waals surface area contributed by atoms with Crippen molar-refractivity contribution in [3.05, 3.63) is 76.6 Å². The van der Waals surface area contributed by atoms with Crippen molar-refractivity contribution in [2.45, 2.75) is 31.8 Å². The highest BCUT2D eigenvalue weighted by Gasteiger charge is 2.22. The third kappa shape index (κ3) is 6.03. The quantitative estimate of drug-likeness (QED) is 0.392. The largest absolute Gasteiger partial charge is 0.480 e. The molecule has 0 aliphatic carbocycles. The van der Waals surface area contributed by atoms with Crippen molar-refractivity contribution >= 4 is 29.6 Å². The first-order valence-electron chi connectivity index (χ1n) is 10.0. The first-order valence-corrected chi connectivity index (χ1v) is 10.4. The minimum Gasteiger partial charge on any atom is -0.480 e. The third-order valence-electron chi connectivity index (χ3n) is 4.95. The number of nitrogens with two attached hydrogens (primary N) is 1. The second-order valence-electron chi connectivity index (χ2n) is 7.34. The van der Waals surface area contributed by atoms with E-state index in [4.69, 9.17) is 17.3 Å². The lowest BCUT2D eigenvalue weighted by Gasteiger charge is -2.20. The Morgan fingerprint density at radius 3 is 2.62 bits per heavy atom. The van der Waals surface area contributed by atoms with Gasteiger partial charge in [0.25, 0.3) is 5.91 Å². The molecular weight excluding hydrogens is 430 g/mol. The van der Waals surface area contributed by atoms with Crippen molar-refractivity contribution < 1.29 is 14.7 Å². The lowest BCUT2D eigenvalue weighted by atomic mass is 9.95. The lowest BCUT2D eigenvalue weighted by Crippen LogP contribution is -2.43. The van der Waals surface area contributed by atoms with Crippen LogP contribution in [0.1, 0.15) is 35.0 Å². The lowest BCUT2D eigenvalue weighted by molar-refractivity contribution is -0.138. The summed E-state index contributed by atoms with van der Waals surface area (Å²) < 4.78 is 0. The molecule has 9 heteroatoms. The zero-order valence-electron chi connectivity index (χ0n) is 17.5. The van der Waals surface area contributed by atoms with Crippen LogP contribution in [0.5, 0.6) is 0 Å². The van der Waals surface area contributed by atoms with E-state index in [2.05, 4.69) is 20.7 Å². The molecule has 0 radical (unpaired) electrons. The minimum absolute atomic E-state index is 0.0699. The first-order chi connectivity index (χ1) is 15.4. The number of hydrogen-bond donors (Lipinski definition) is 4. The number of aromatic amines is 1. The van der Waals surface area contributed by atoms with Gasteiger partial charge in [-0.1, -0.05) is 54.1 Å². The fourth-order valence-electron chi connectivity index (χ4n) is 3.38. The average Bonchev–Trinajstić information content (AvgIpc) is 3.31. The molecule has 3 aromatic rings. The Labute approximate surface area is 190 Å². The van der Waals surface area contributed by atoms with Gasteiger partial charge in [0.05, 0.1) is 6.20 Å². The number of aromatic nitrogens is 3. The molecule has 2 unspecified atom stereocenters. The van der Waals surface area contributed by atoms with Gasteiger partial charge in [0, 0.05) is 11.1 Å². The predicted octanol–water partition coefficient (Wildman–Crippen LogP) is 3.30. The van der Waals surface area contributed by atoms with Crippen molar-refractivity contribution in [2.24, 2.45) is 5.73 Å². The van der Waals surface area contributed by atoms with E-state index in [-0.39, 0.29) is 12.1 Å². The monoisotopic (exact) mass is 453 g/mol. The van der Waals surface area contributed by atoms with E-state index in [1.807, 2.05) is 61.5 Å². The van der Waals surface area contributed by atoms with Crippen molar-refractivity contribution in [3.63, 3.8) is 0 Å². The highest BCUT2D eigenvalue weighted by atomic mass is 35.5. The topological polar surface area (TPSA) is 134 Å². The average molecular weight is 454 g/mol. The Morgan fingerprint density at radius 2 is 2.00 bits per heavy atom. The molecule has 0 saturated carbocycles. The summed E-state index contributed by atoms with van der Waals surface area (Å²) in [6, 6.07) is 12.0. The first kappa shape index (κ1) is 23.2. The summed E-state index contributed by atoms with van der Waals surface area (Å²) in [6.07, 6.45) is 5.76. The molecule has 0 aliphatic heterocycles. The van der Waals surface area contributed by atoms with Gasteiger partial charge < -0.3 is 16.2 Å². The third-order valence-corrected chi connectivity index (χ3v) is 5.18. The molecule has 0 saturated heterocycles. The molecule has 166 valence electrons. The fourth-order valence-corrected chi connectivity index (χ4v) is 3.55. The summed E-state index contributed by atoms with van der Waals surface area (Å²) >= 11 is 6.20. The molecule has 0 aliphatic rings. The molecule has 1 heterocycles. The zero-order chi connectivity index (χ0) is 23.1. The van der Waals surface area contributed by atoms with Crippen LogP contribution in [0.15, 0.2) is 54.7 Å². The predicted molar refractivity (Wildman–Crippen MR) is 123 cm³/mol. The van der Waals surface area contributed by atoms with E-state index in [1.165, 1.54) is 6.20 Å². The summed E-state index contributed by atoms with van der Waals surface area (Å²) in [7, 11) is 0. The van der Waals surface area contributed by atoms with Crippen molar-refractivity contribution in [3.8, 4) is 11.1 Å². The van der Waals surface area contributed by atoms with Gasteiger partial charge in [0.2, 0.25) is 0 Å². The number of carbonyl (C=O) groups excluding carboxylic acids is 1. The van der Waals surface area contributed by atoms with E-state index in [0.717, 1.165) is 22.3 Å². The van der Waals surface area contributed by atoms with E-state index in [0.29, 0.717) is 11.4 Å². The van der Waals surface area contributed by atoms with Gasteiger partial charge in [-0.05, 0) is 54.2 Å². The SMILES string of the molecule is CC=Cc1ccc(Cl)cc1-c1ccc(CC(CC(N)C(=O)O)NC(=O)c2cn[nH]n2)cc1. The Hall–Kier alpha value is -3.49. The maximum Gasteiger partial charge on any atom is 0.320 e. The summed E-state index contributed by atoms with van der Waals surface area (Å²) in [6.45, 7) is 1.96. The molecule has 1 amide bonds. The van der Waals surface area contributed by atoms with Crippen molar-refractivity contribution in [1.82, 2.24) is 20.7 Å².